The van der Waals surface area contributed by atoms with Crippen molar-refractivity contribution in [1.29, 1.82) is 0 Å². The van der Waals surface area contributed by atoms with Gasteiger partial charge in [-0.15, -0.1) is 11.8 Å². The highest BCUT2D eigenvalue weighted by Crippen LogP contribution is 2.50. The Morgan fingerprint density at radius 3 is 2.54 bits per heavy atom. The Kier molecular flexibility index (Phi) is 6.33. The Hall–Kier alpha value is -4.32. The standard InChI is InChI=1S/C29H28N4O7S/c1-29(2)23(28(39)40)33-26(38)20(27(33)41-29)31-25(37)19(14-8-10-16(34)11-9-14)30-24(36)18-13-32-12-4-6-15-5-3-7-17(21(15)32)22(18)35/h3,5,7-11,13,19-20,23,27,34H,4,6,12H2,1-2H3,(H,30,36)(H,31,37)(H,39,40). The largest absolute Gasteiger partial charge is 0.508 e. The minimum Gasteiger partial charge on any atom is -0.508 e. The third-order valence-corrected chi connectivity index (χ3v) is 9.58. The Morgan fingerprint density at radius 2 is 1.83 bits per heavy atom. The number of hydrogen-bond acceptors (Lipinski definition) is 7. The van der Waals surface area contributed by atoms with E-state index in [0.717, 1.165) is 23.9 Å². The number of carbonyl (C=O) groups excluding carboxylic acids is 3. The molecule has 0 spiro atoms. The van der Waals surface area contributed by atoms with Gasteiger partial charge in [0.15, 0.2) is 0 Å². The van der Waals surface area contributed by atoms with E-state index in [0.29, 0.717) is 17.5 Å². The molecule has 2 aromatic carbocycles. The van der Waals surface area contributed by atoms with Crippen molar-refractivity contribution in [2.45, 2.75) is 61.5 Å². The lowest BCUT2D eigenvalue weighted by Crippen LogP contribution is -2.71. The van der Waals surface area contributed by atoms with Gasteiger partial charge in [-0.25, -0.2) is 4.79 Å². The van der Waals surface area contributed by atoms with Crippen LogP contribution >= 0.6 is 11.8 Å². The number of carboxylic acid groups (broad SMARTS) is 1. The molecule has 3 amide bonds. The molecule has 4 heterocycles. The number of pyridine rings is 1. The summed E-state index contributed by atoms with van der Waals surface area (Å²) < 4.78 is 1.12. The Labute approximate surface area is 238 Å². The topological polar surface area (TPSA) is 158 Å². The average Bonchev–Trinajstić information content (AvgIpc) is 3.20. The van der Waals surface area contributed by atoms with Crippen LogP contribution < -0.4 is 16.1 Å². The van der Waals surface area contributed by atoms with Crippen LogP contribution in [0.25, 0.3) is 10.9 Å². The fraction of sp³-hybridized carbons (Fsp3) is 0.345. The Bertz CT molecular complexity index is 1680. The zero-order chi connectivity index (χ0) is 29.2. The van der Waals surface area contributed by atoms with Crippen molar-refractivity contribution in [1.82, 2.24) is 20.1 Å². The maximum absolute atomic E-state index is 13.6. The molecule has 3 aromatic rings. The van der Waals surface area contributed by atoms with Crippen molar-refractivity contribution in [3.05, 3.63) is 75.6 Å². The molecule has 0 radical (unpaired) electrons. The summed E-state index contributed by atoms with van der Waals surface area (Å²) in [6.45, 7) is 4.11. The minimum absolute atomic E-state index is 0.0453. The third-order valence-electron chi connectivity index (χ3n) is 8.01. The Balaban J connectivity index is 1.30. The van der Waals surface area contributed by atoms with E-state index < -0.39 is 57.4 Å². The first-order chi connectivity index (χ1) is 19.5. The molecule has 2 saturated heterocycles. The van der Waals surface area contributed by atoms with E-state index >= 15 is 0 Å². The smallest absolute Gasteiger partial charge is 0.327 e. The van der Waals surface area contributed by atoms with Crippen LogP contribution in [0.1, 0.15) is 47.8 Å². The number of amides is 3. The van der Waals surface area contributed by atoms with Gasteiger partial charge in [0.1, 0.15) is 34.8 Å². The number of β-lactam (4-membered cyclic amide) rings is 1. The fourth-order valence-electron chi connectivity index (χ4n) is 6.08. The van der Waals surface area contributed by atoms with Crippen LogP contribution in [-0.2, 0) is 27.3 Å². The molecule has 4 atom stereocenters. The highest BCUT2D eigenvalue weighted by Gasteiger charge is 2.64. The molecule has 0 bridgehead atoms. The van der Waals surface area contributed by atoms with E-state index in [4.69, 9.17) is 0 Å². The van der Waals surface area contributed by atoms with Crippen LogP contribution in [0.5, 0.6) is 5.75 Å². The number of fused-ring (bicyclic) bond motifs is 1. The van der Waals surface area contributed by atoms with Gasteiger partial charge in [0.2, 0.25) is 17.2 Å². The SMILES string of the molecule is CC1(C)SC2C(NC(=O)C(NC(=O)c3cn4c5c(cccc5c3=O)CCC4)c3ccc(O)cc3)C(=O)N2C1C(=O)O. The van der Waals surface area contributed by atoms with Crippen LogP contribution in [0.4, 0.5) is 0 Å². The summed E-state index contributed by atoms with van der Waals surface area (Å²) in [4.78, 5) is 66.6. The molecule has 3 aliphatic rings. The fourth-order valence-corrected chi connectivity index (χ4v) is 7.70. The number of benzene rings is 2. The van der Waals surface area contributed by atoms with Gasteiger partial charge in [0.05, 0.1) is 5.52 Å². The predicted molar refractivity (Wildman–Crippen MR) is 151 cm³/mol. The normalized spacial score (nSPS) is 22.9. The monoisotopic (exact) mass is 576 g/mol. The molecule has 4 unspecified atom stereocenters. The number of hydrogen-bond donors (Lipinski definition) is 4. The number of aryl methyl sites for hydroxylation is 2. The first-order valence-electron chi connectivity index (χ1n) is 13.3. The number of phenols is 1. The molecule has 4 N–H and O–H groups in total. The molecular formula is C29H28N4O7S. The predicted octanol–water partition coefficient (Wildman–Crippen LogP) is 1.76. The molecule has 212 valence electrons. The summed E-state index contributed by atoms with van der Waals surface area (Å²) in [7, 11) is 0. The molecule has 11 nitrogen and oxygen atoms in total. The lowest BCUT2D eigenvalue weighted by Gasteiger charge is -2.44. The van der Waals surface area contributed by atoms with Crippen LogP contribution in [0.3, 0.4) is 0 Å². The summed E-state index contributed by atoms with van der Waals surface area (Å²) in [5.74, 6) is -3.15. The van der Waals surface area contributed by atoms with Crippen molar-refractivity contribution >= 4 is 46.4 Å². The van der Waals surface area contributed by atoms with E-state index in [9.17, 15) is 34.2 Å². The number of rotatable bonds is 6. The molecule has 2 fully saturated rings. The molecule has 41 heavy (non-hydrogen) atoms. The van der Waals surface area contributed by atoms with E-state index in [-0.39, 0.29) is 11.3 Å². The van der Waals surface area contributed by atoms with Gasteiger partial charge in [-0.05, 0) is 56.0 Å². The highest BCUT2D eigenvalue weighted by molar-refractivity contribution is 8.01. The van der Waals surface area contributed by atoms with Crippen molar-refractivity contribution in [3.63, 3.8) is 0 Å². The van der Waals surface area contributed by atoms with E-state index in [1.54, 1.807) is 26.0 Å². The van der Waals surface area contributed by atoms with Crippen LogP contribution in [0.2, 0.25) is 0 Å². The summed E-state index contributed by atoms with van der Waals surface area (Å²) in [6.07, 6.45) is 3.22. The lowest BCUT2D eigenvalue weighted by molar-refractivity contribution is -0.161. The van der Waals surface area contributed by atoms with Gasteiger partial charge >= 0.3 is 5.97 Å². The van der Waals surface area contributed by atoms with Crippen molar-refractivity contribution < 1.29 is 29.4 Å². The number of carboxylic acids is 1. The second kappa shape index (κ2) is 9.65. The van der Waals surface area contributed by atoms with E-state index in [1.165, 1.54) is 47.1 Å². The van der Waals surface area contributed by atoms with Crippen LogP contribution in [0.15, 0.2) is 53.5 Å². The molecular weight excluding hydrogens is 548 g/mol. The highest BCUT2D eigenvalue weighted by atomic mass is 32.2. The van der Waals surface area contributed by atoms with Gasteiger partial charge in [-0.2, -0.15) is 0 Å². The number of carbonyl (C=O) groups is 4. The van der Waals surface area contributed by atoms with Crippen LogP contribution in [0, 0.1) is 0 Å². The van der Waals surface area contributed by atoms with E-state index in [1.807, 2.05) is 10.6 Å². The van der Waals surface area contributed by atoms with Gasteiger partial charge in [0.25, 0.3) is 5.91 Å². The molecule has 0 aliphatic carbocycles. The zero-order valence-electron chi connectivity index (χ0n) is 22.3. The van der Waals surface area contributed by atoms with Gasteiger partial charge in [0, 0.05) is 22.9 Å². The van der Waals surface area contributed by atoms with Gasteiger partial charge in [-0.3, -0.25) is 19.2 Å². The maximum atomic E-state index is 13.6. The molecule has 1 aromatic heterocycles. The van der Waals surface area contributed by atoms with Crippen molar-refractivity contribution in [3.8, 4) is 5.75 Å². The van der Waals surface area contributed by atoms with E-state index in [2.05, 4.69) is 10.6 Å². The average molecular weight is 577 g/mol. The van der Waals surface area contributed by atoms with Gasteiger partial charge < -0.3 is 30.3 Å². The third kappa shape index (κ3) is 4.33. The number of para-hydroxylation sites is 1. The molecule has 0 saturated carbocycles. The molecule has 6 rings (SSSR count). The lowest BCUT2D eigenvalue weighted by atomic mass is 9.95. The van der Waals surface area contributed by atoms with Gasteiger partial charge in [-0.1, -0.05) is 24.3 Å². The zero-order valence-corrected chi connectivity index (χ0v) is 23.1. The maximum Gasteiger partial charge on any atom is 0.327 e. The quantitative estimate of drug-likeness (QED) is 0.323. The summed E-state index contributed by atoms with van der Waals surface area (Å²) in [5, 5.41) is 24.6. The van der Waals surface area contributed by atoms with Crippen molar-refractivity contribution in [2.24, 2.45) is 0 Å². The second-order valence-corrected chi connectivity index (χ2v) is 12.8. The first kappa shape index (κ1) is 26.9. The summed E-state index contributed by atoms with van der Waals surface area (Å²) in [6, 6.07) is 7.77. The number of aromatic hydroxyl groups is 1. The first-order valence-corrected chi connectivity index (χ1v) is 14.1. The number of thioether (sulfide) groups is 1. The number of nitrogens with zero attached hydrogens (tertiary/aromatic N) is 2. The number of aliphatic carboxylic acids is 1. The van der Waals surface area contributed by atoms with Crippen LogP contribution in [-0.4, -0.2) is 65.6 Å². The minimum atomic E-state index is -1.30. The second-order valence-electron chi connectivity index (χ2n) is 11.1. The molecule has 3 aliphatic heterocycles. The summed E-state index contributed by atoms with van der Waals surface area (Å²) in [5.41, 5.74) is 1.60. The summed E-state index contributed by atoms with van der Waals surface area (Å²) >= 11 is 1.29. The molecule has 12 heteroatoms. The number of nitrogens with one attached hydrogen (secondary N) is 2. The van der Waals surface area contributed by atoms with Crippen molar-refractivity contribution in [2.75, 3.05) is 0 Å². The number of aromatic nitrogens is 1. The number of phenolic OH excluding ortho intramolecular Hbond substituents is 1. The Morgan fingerprint density at radius 1 is 1.10 bits per heavy atom.